The smallest absolute Gasteiger partial charge is 0.340 e. The Labute approximate surface area is 162 Å². The maximum Gasteiger partial charge on any atom is 0.340 e. The van der Waals surface area contributed by atoms with Crippen molar-refractivity contribution < 1.29 is 23.9 Å². The average molecular weight is 382 g/mol. The maximum absolute atomic E-state index is 13.1. The number of hydrogen-bond donors (Lipinski definition) is 2. The number of anilines is 2. The Kier molecular flexibility index (Phi) is 5.75. The molecule has 2 aromatic carbocycles. The summed E-state index contributed by atoms with van der Waals surface area (Å²) in [5, 5.41) is 3.14. The fourth-order valence-corrected chi connectivity index (χ4v) is 3.28. The first-order chi connectivity index (χ1) is 13.5. The fraction of sp³-hybridized carbons (Fsp3) is 0.286. The van der Waals surface area contributed by atoms with Gasteiger partial charge in [-0.1, -0.05) is 24.3 Å². The third-order valence-corrected chi connectivity index (χ3v) is 4.63. The summed E-state index contributed by atoms with van der Waals surface area (Å²) in [5.41, 5.74) is 7.34. The summed E-state index contributed by atoms with van der Waals surface area (Å²) in [6.45, 7) is 3.59. The SMILES string of the molecule is CCOCCCNc1cc(C(=O)OC)c(N)c2c1C(=O)c1ccccc1C2=O. The molecule has 1 aliphatic carbocycles. The highest BCUT2D eigenvalue weighted by molar-refractivity contribution is 6.32. The molecule has 0 saturated heterocycles. The Balaban J connectivity index is 2.10. The maximum atomic E-state index is 13.1. The van der Waals surface area contributed by atoms with E-state index in [0.717, 1.165) is 0 Å². The number of nitrogens with two attached hydrogens (primary N) is 1. The van der Waals surface area contributed by atoms with Gasteiger partial charge in [-0.25, -0.2) is 4.79 Å². The minimum atomic E-state index is -0.670. The monoisotopic (exact) mass is 382 g/mol. The van der Waals surface area contributed by atoms with E-state index in [4.69, 9.17) is 15.2 Å². The van der Waals surface area contributed by atoms with E-state index in [1.165, 1.54) is 13.2 Å². The van der Waals surface area contributed by atoms with Crippen molar-refractivity contribution in [1.82, 2.24) is 0 Å². The standard InChI is InChI=1S/C21H22N2O5/c1-3-28-10-6-9-23-15-11-14(21(26)27-2)18(22)17-16(15)19(24)12-7-4-5-8-13(12)20(17)25/h4-5,7-8,11,23H,3,6,9-10,22H2,1-2H3. The highest BCUT2D eigenvalue weighted by atomic mass is 16.5. The molecule has 0 aliphatic heterocycles. The van der Waals surface area contributed by atoms with E-state index < -0.39 is 5.97 Å². The van der Waals surface area contributed by atoms with Crippen LogP contribution in [0.2, 0.25) is 0 Å². The lowest BCUT2D eigenvalue weighted by atomic mass is 9.81. The molecule has 0 heterocycles. The summed E-state index contributed by atoms with van der Waals surface area (Å²) >= 11 is 0. The molecule has 0 bridgehead atoms. The predicted octanol–water partition coefficient (Wildman–Crippen LogP) is 2.67. The number of rotatable bonds is 7. The van der Waals surface area contributed by atoms with Crippen LogP contribution in [0.4, 0.5) is 11.4 Å². The lowest BCUT2D eigenvalue weighted by Gasteiger charge is -2.23. The Hall–Kier alpha value is -3.19. The van der Waals surface area contributed by atoms with Gasteiger partial charge < -0.3 is 20.5 Å². The van der Waals surface area contributed by atoms with Crippen molar-refractivity contribution in [3.05, 3.63) is 58.1 Å². The molecule has 7 nitrogen and oxygen atoms in total. The van der Waals surface area contributed by atoms with Gasteiger partial charge in [-0.15, -0.1) is 0 Å². The summed E-state index contributed by atoms with van der Waals surface area (Å²) in [4.78, 5) is 38.4. The second-order valence-electron chi connectivity index (χ2n) is 6.31. The van der Waals surface area contributed by atoms with E-state index in [-0.39, 0.29) is 39.5 Å². The largest absolute Gasteiger partial charge is 0.465 e. The molecule has 146 valence electrons. The highest BCUT2D eigenvalue weighted by Gasteiger charge is 2.35. The predicted molar refractivity (Wildman–Crippen MR) is 105 cm³/mol. The van der Waals surface area contributed by atoms with E-state index in [1.54, 1.807) is 24.3 Å². The van der Waals surface area contributed by atoms with Crippen molar-refractivity contribution in [1.29, 1.82) is 0 Å². The molecular formula is C21H22N2O5. The molecule has 3 N–H and O–H groups in total. The minimum Gasteiger partial charge on any atom is -0.465 e. The third kappa shape index (κ3) is 3.36. The lowest BCUT2D eigenvalue weighted by Crippen LogP contribution is -2.26. The van der Waals surface area contributed by atoms with Crippen molar-refractivity contribution in [3.8, 4) is 0 Å². The summed E-state index contributed by atoms with van der Waals surface area (Å²) in [5.74, 6) is -1.36. The van der Waals surface area contributed by atoms with Crippen LogP contribution < -0.4 is 11.1 Å². The number of esters is 1. The van der Waals surface area contributed by atoms with E-state index in [1.807, 2.05) is 6.92 Å². The number of nitrogens with one attached hydrogen (secondary N) is 1. The van der Waals surface area contributed by atoms with E-state index >= 15 is 0 Å². The Bertz CT molecular complexity index is 952. The number of hydrogen-bond acceptors (Lipinski definition) is 7. The number of carbonyl (C=O) groups excluding carboxylic acids is 3. The molecule has 3 rings (SSSR count). The van der Waals surface area contributed by atoms with Crippen LogP contribution >= 0.6 is 0 Å². The number of ether oxygens (including phenoxy) is 2. The van der Waals surface area contributed by atoms with Crippen molar-refractivity contribution in [3.63, 3.8) is 0 Å². The van der Waals surface area contributed by atoms with Crippen LogP contribution in [-0.4, -0.2) is 44.4 Å². The summed E-state index contributed by atoms with van der Waals surface area (Å²) in [6, 6.07) is 8.05. The Morgan fingerprint density at radius 3 is 2.36 bits per heavy atom. The number of benzene rings is 2. The average Bonchev–Trinajstić information content (AvgIpc) is 2.71. The number of fused-ring (bicyclic) bond motifs is 2. The first-order valence-corrected chi connectivity index (χ1v) is 9.06. The van der Waals surface area contributed by atoms with Crippen molar-refractivity contribution in [2.24, 2.45) is 0 Å². The normalized spacial score (nSPS) is 12.4. The highest BCUT2D eigenvalue weighted by Crippen LogP contribution is 2.37. The molecule has 0 saturated carbocycles. The number of methoxy groups -OCH3 is 1. The van der Waals surface area contributed by atoms with Gasteiger partial charge in [-0.05, 0) is 19.4 Å². The molecular weight excluding hydrogens is 360 g/mol. The third-order valence-electron chi connectivity index (χ3n) is 4.63. The second kappa shape index (κ2) is 8.22. The molecule has 0 fully saturated rings. The lowest BCUT2D eigenvalue weighted by molar-refractivity contribution is 0.0601. The molecule has 0 spiro atoms. The molecule has 7 heteroatoms. The first-order valence-electron chi connectivity index (χ1n) is 9.06. The van der Waals surface area contributed by atoms with Crippen LogP contribution in [0.25, 0.3) is 0 Å². The van der Waals surface area contributed by atoms with E-state index in [2.05, 4.69) is 5.32 Å². The van der Waals surface area contributed by atoms with E-state index in [0.29, 0.717) is 37.4 Å². The number of nitrogen functional groups attached to an aromatic ring is 1. The zero-order chi connectivity index (χ0) is 20.3. The Morgan fingerprint density at radius 1 is 1.11 bits per heavy atom. The van der Waals surface area contributed by atoms with Crippen LogP contribution in [0.15, 0.2) is 30.3 Å². The molecule has 0 radical (unpaired) electrons. The van der Waals surface area contributed by atoms with Gasteiger partial charge in [0.05, 0.1) is 29.5 Å². The number of carbonyl (C=O) groups is 3. The molecule has 2 aromatic rings. The molecule has 28 heavy (non-hydrogen) atoms. The molecule has 1 aliphatic rings. The molecule has 0 unspecified atom stereocenters. The molecule has 0 aromatic heterocycles. The summed E-state index contributed by atoms with van der Waals surface area (Å²) < 4.78 is 10.1. The minimum absolute atomic E-state index is 0.0407. The van der Waals surface area contributed by atoms with Crippen molar-refractivity contribution >= 4 is 28.9 Å². The van der Waals surface area contributed by atoms with Crippen molar-refractivity contribution in [2.45, 2.75) is 13.3 Å². The molecule has 0 atom stereocenters. The van der Waals surface area contributed by atoms with Gasteiger partial charge in [0.2, 0.25) is 0 Å². The zero-order valence-electron chi connectivity index (χ0n) is 15.8. The van der Waals surface area contributed by atoms with Gasteiger partial charge >= 0.3 is 5.97 Å². The van der Waals surface area contributed by atoms with Crippen LogP contribution in [0, 0.1) is 0 Å². The van der Waals surface area contributed by atoms with Gasteiger partial charge in [-0.2, -0.15) is 0 Å². The fourth-order valence-electron chi connectivity index (χ4n) is 3.28. The number of ketones is 2. The van der Waals surface area contributed by atoms with Gasteiger partial charge in [0, 0.05) is 36.6 Å². The summed E-state index contributed by atoms with van der Waals surface area (Å²) in [6.07, 6.45) is 0.694. The first kappa shape index (κ1) is 19.6. The van der Waals surface area contributed by atoms with Crippen LogP contribution in [0.5, 0.6) is 0 Å². The van der Waals surface area contributed by atoms with Gasteiger partial charge in [-0.3, -0.25) is 9.59 Å². The van der Waals surface area contributed by atoms with Gasteiger partial charge in [0.1, 0.15) is 0 Å². The van der Waals surface area contributed by atoms with E-state index in [9.17, 15) is 14.4 Å². The van der Waals surface area contributed by atoms with Crippen LogP contribution in [0.3, 0.4) is 0 Å². The van der Waals surface area contributed by atoms with Gasteiger partial charge in [0.25, 0.3) is 0 Å². The van der Waals surface area contributed by atoms with Crippen LogP contribution in [-0.2, 0) is 9.47 Å². The quantitative estimate of drug-likeness (QED) is 0.367. The second-order valence-corrected chi connectivity index (χ2v) is 6.31. The Morgan fingerprint density at radius 2 is 1.75 bits per heavy atom. The van der Waals surface area contributed by atoms with Crippen LogP contribution in [0.1, 0.15) is 55.5 Å². The zero-order valence-corrected chi connectivity index (χ0v) is 15.8. The topological polar surface area (TPSA) is 108 Å². The van der Waals surface area contributed by atoms with Crippen molar-refractivity contribution in [2.75, 3.05) is 37.9 Å². The molecule has 0 amide bonds. The summed E-state index contributed by atoms with van der Waals surface area (Å²) in [7, 11) is 1.23. The van der Waals surface area contributed by atoms with Gasteiger partial charge in [0.15, 0.2) is 11.6 Å².